The Morgan fingerprint density at radius 2 is 2.15 bits per heavy atom. The highest BCUT2D eigenvalue weighted by Crippen LogP contribution is 2.34. The summed E-state index contributed by atoms with van der Waals surface area (Å²) in [6.07, 6.45) is 2.36. The third-order valence-corrected chi connectivity index (χ3v) is 2.83. The van der Waals surface area contributed by atoms with Crippen molar-refractivity contribution in [3.63, 3.8) is 0 Å². The van der Waals surface area contributed by atoms with Gasteiger partial charge in [0.1, 0.15) is 5.60 Å². The highest BCUT2D eigenvalue weighted by atomic mass is 16.7. The molecule has 0 radical (unpaired) electrons. The monoisotopic (exact) mass is 187 g/mol. The second kappa shape index (κ2) is 3.96. The van der Waals surface area contributed by atoms with Crippen LogP contribution in [0, 0.1) is 5.92 Å². The molecule has 0 aromatic rings. The summed E-state index contributed by atoms with van der Waals surface area (Å²) in [7, 11) is 0. The van der Waals surface area contributed by atoms with Gasteiger partial charge in [0, 0.05) is 0 Å². The number of carbonyl (C=O) groups is 1. The quantitative estimate of drug-likeness (QED) is 0.644. The number of nitrogens with two attached hydrogens (primary N) is 1. The molecule has 3 N–H and O–H groups in total. The molecular weight excluding hydrogens is 170 g/mol. The molecular formula is C9H17NO3. The van der Waals surface area contributed by atoms with Gasteiger partial charge in [-0.2, -0.15) is 0 Å². The maximum absolute atomic E-state index is 10.4. The lowest BCUT2D eigenvalue weighted by atomic mass is 9.80. The minimum Gasteiger partial charge on any atom is -0.450 e. The zero-order valence-corrected chi connectivity index (χ0v) is 7.95. The first-order valence-electron chi connectivity index (χ1n) is 4.68. The van der Waals surface area contributed by atoms with Crippen LogP contribution in [0.1, 0.15) is 32.6 Å². The molecule has 1 saturated carbocycles. The predicted molar refractivity (Wildman–Crippen MR) is 48.5 cm³/mol. The summed E-state index contributed by atoms with van der Waals surface area (Å²) in [5, 5.41) is 8.51. The van der Waals surface area contributed by atoms with Crippen LogP contribution in [0.15, 0.2) is 0 Å². The SMILES string of the molecule is CC1(OC(=O)O)CCC(CN)CC1. The largest absolute Gasteiger partial charge is 0.506 e. The molecule has 13 heavy (non-hydrogen) atoms. The molecule has 0 heterocycles. The molecule has 0 saturated heterocycles. The zero-order valence-electron chi connectivity index (χ0n) is 7.95. The lowest BCUT2D eigenvalue weighted by Crippen LogP contribution is -2.37. The minimum atomic E-state index is -1.17. The number of hydrogen-bond donors (Lipinski definition) is 2. The van der Waals surface area contributed by atoms with Gasteiger partial charge in [-0.05, 0) is 45.1 Å². The average Bonchev–Trinajstić information content (AvgIpc) is 2.04. The molecule has 0 aliphatic heterocycles. The Hall–Kier alpha value is -0.770. The maximum Gasteiger partial charge on any atom is 0.506 e. The lowest BCUT2D eigenvalue weighted by Gasteiger charge is -2.35. The fourth-order valence-electron chi connectivity index (χ4n) is 1.84. The van der Waals surface area contributed by atoms with Crippen molar-refractivity contribution in [2.45, 2.75) is 38.2 Å². The van der Waals surface area contributed by atoms with Crippen molar-refractivity contribution >= 4 is 6.16 Å². The van der Waals surface area contributed by atoms with Crippen molar-refractivity contribution < 1.29 is 14.6 Å². The van der Waals surface area contributed by atoms with Gasteiger partial charge >= 0.3 is 6.16 Å². The standard InChI is InChI=1S/C9H17NO3/c1-9(13-8(11)12)4-2-7(6-10)3-5-9/h7H,2-6,10H2,1H3,(H,11,12). The van der Waals surface area contributed by atoms with Crippen LogP contribution in [-0.4, -0.2) is 23.4 Å². The fraction of sp³-hybridized carbons (Fsp3) is 0.889. The Morgan fingerprint density at radius 3 is 2.54 bits per heavy atom. The smallest absolute Gasteiger partial charge is 0.450 e. The first kappa shape index (κ1) is 10.3. The highest BCUT2D eigenvalue weighted by Gasteiger charge is 2.33. The number of carboxylic acid groups (broad SMARTS) is 1. The van der Waals surface area contributed by atoms with Crippen LogP contribution < -0.4 is 5.73 Å². The summed E-state index contributed by atoms with van der Waals surface area (Å²) in [6.45, 7) is 2.55. The van der Waals surface area contributed by atoms with Crippen molar-refractivity contribution in [1.29, 1.82) is 0 Å². The molecule has 0 amide bonds. The summed E-state index contributed by atoms with van der Waals surface area (Å²) in [6, 6.07) is 0. The van der Waals surface area contributed by atoms with Crippen molar-refractivity contribution in [1.82, 2.24) is 0 Å². The van der Waals surface area contributed by atoms with E-state index in [2.05, 4.69) is 0 Å². The molecule has 1 aliphatic rings. The summed E-state index contributed by atoms with van der Waals surface area (Å²) in [4.78, 5) is 10.4. The Balaban J connectivity index is 2.41. The van der Waals surface area contributed by atoms with Crippen LogP contribution in [0.2, 0.25) is 0 Å². The molecule has 0 spiro atoms. The van der Waals surface area contributed by atoms with Crippen LogP contribution in [0.5, 0.6) is 0 Å². The van der Waals surface area contributed by atoms with E-state index >= 15 is 0 Å². The Morgan fingerprint density at radius 1 is 1.62 bits per heavy atom. The molecule has 1 rings (SSSR count). The normalized spacial score (nSPS) is 34.2. The van der Waals surface area contributed by atoms with E-state index in [4.69, 9.17) is 15.6 Å². The van der Waals surface area contributed by atoms with Crippen molar-refractivity contribution in [2.24, 2.45) is 11.7 Å². The van der Waals surface area contributed by atoms with Gasteiger partial charge in [-0.25, -0.2) is 4.79 Å². The Kier molecular flexibility index (Phi) is 3.14. The second-order valence-electron chi connectivity index (χ2n) is 4.00. The molecule has 0 atom stereocenters. The van der Waals surface area contributed by atoms with Gasteiger partial charge in [-0.3, -0.25) is 0 Å². The first-order valence-corrected chi connectivity index (χ1v) is 4.68. The van der Waals surface area contributed by atoms with Crippen LogP contribution in [-0.2, 0) is 4.74 Å². The van der Waals surface area contributed by atoms with E-state index in [1.165, 1.54) is 0 Å². The molecule has 1 aliphatic carbocycles. The average molecular weight is 187 g/mol. The molecule has 76 valence electrons. The minimum absolute atomic E-state index is 0.475. The zero-order chi connectivity index (χ0) is 9.90. The fourth-order valence-corrected chi connectivity index (χ4v) is 1.84. The van der Waals surface area contributed by atoms with E-state index in [-0.39, 0.29) is 0 Å². The molecule has 4 heteroatoms. The first-order chi connectivity index (χ1) is 6.06. The molecule has 0 bridgehead atoms. The van der Waals surface area contributed by atoms with Crippen LogP contribution in [0.4, 0.5) is 4.79 Å². The summed E-state index contributed by atoms with van der Waals surface area (Å²) < 4.78 is 4.85. The van der Waals surface area contributed by atoms with Crippen LogP contribution in [0.3, 0.4) is 0 Å². The Labute approximate surface area is 78.1 Å². The van der Waals surface area contributed by atoms with E-state index in [9.17, 15) is 4.79 Å². The van der Waals surface area contributed by atoms with E-state index in [0.29, 0.717) is 12.5 Å². The third-order valence-electron chi connectivity index (χ3n) is 2.83. The molecule has 0 unspecified atom stereocenters. The number of hydrogen-bond acceptors (Lipinski definition) is 3. The van der Waals surface area contributed by atoms with E-state index in [0.717, 1.165) is 25.7 Å². The van der Waals surface area contributed by atoms with Crippen LogP contribution in [0.25, 0.3) is 0 Å². The number of ether oxygens (including phenoxy) is 1. The topological polar surface area (TPSA) is 72.5 Å². The summed E-state index contributed by atoms with van der Waals surface area (Å²) in [5.74, 6) is 0.547. The van der Waals surface area contributed by atoms with Crippen LogP contribution >= 0.6 is 0 Å². The van der Waals surface area contributed by atoms with Gasteiger partial charge in [0.25, 0.3) is 0 Å². The van der Waals surface area contributed by atoms with Gasteiger partial charge in [0.05, 0.1) is 0 Å². The van der Waals surface area contributed by atoms with Gasteiger partial charge in [-0.1, -0.05) is 0 Å². The van der Waals surface area contributed by atoms with E-state index in [1.54, 1.807) is 0 Å². The van der Waals surface area contributed by atoms with E-state index < -0.39 is 11.8 Å². The predicted octanol–water partition coefficient (Wildman–Crippen LogP) is 1.59. The van der Waals surface area contributed by atoms with Gasteiger partial charge < -0.3 is 15.6 Å². The summed E-state index contributed by atoms with van der Waals surface area (Å²) >= 11 is 0. The molecule has 4 nitrogen and oxygen atoms in total. The van der Waals surface area contributed by atoms with Crippen molar-refractivity contribution in [3.8, 4) is 0 Å². The summed E-state index contributed by atoms with van der Waals surface area (Å²) in [5.41, 5.74) is 5.06. The highest BCUT2D eigenvalue weighted by molar-refractivity contribution is 5.57. The molecule has 1 fully saturated rings. The Bertz CT molecular complexity index is 185. The number of rotatable bonds is 2. The van der Waals surface area contributed by atoms with Gasteiger partial charge in [0.2, 0.25) is 0 Å². The third kappa shape index (κ3) is 2.88. The maximum atomic E-state index is 10.4. The molecule has 0 aromatic carbocycles. The lowest BCUT2D eigenvalue weighted by molar-refractivity contribution is -0.0365. The van der Waals surface area contributed by atoms with Crippen molar-refractivity contribution in [2.75, 3.05) is 6.54 Å². The second-order valence-corrected chi connectivity index (χ2v) is 4.00. The molecule has 0 aromatic heterocycles. The van der Waals surface area contributed by atoms with Crippen molar-refractivity contribution in [3.05, 3.63) is 0 Å². The van der Waals surface area contributed by atoms with Gasteiger partial charge in [-0.15, -0.1) is 0 Å². The van der Waals surface area contributed by atoms with Gasteiger partial charge in [0.15, 0.2) is 0 Å². The van der Waals surface area contributed by atoms with E-state index in [1.807, 2.05) is 6.92 Å².